The van der Waals surface area contributed by atoms with E-state index in [1.165, 1.54) is 37.6 Å². The minimum atomic E-state index is -0.595. The molecule has 0 aliphatic carbocycles. The van der Waals surface area contributed by atoms with Crippen LogP contribution in [-0.2, 0) is 0 Å². The van der Waals surface area contributed by atoms with E-state index in [9.17, 15) is 14.0 Å². The van der Waals surface area contributed by atoms with E-state index < -0.39 is 17.3 Å². The van der Waals surface area contributed by atoms with Gasteiger partial charge in [-0.2, -0.15) is 0 Å². The predicted octanol–water partition coefficient (Wildman–Crippen LogP) is 2.32. The second-order valence-corrected chi connectivity index (χ2v) is 4.79. The highest BCUT2D eigenvalue weighted by molar-refractivity contribution is 6.05. The number of pyridine rings is 2. The third kappa shape index (κ3) is 3.03. The van der Waals surface area contributed by atoms with Crippen LogP contribution in [-0.4, -0.2) is 23.0 Å². The highest BCUT2D eigenvalue weighted by atomic mass is 19.1. The Hall–Kier alpha value is -3.22. The van der Waals surface area contributed by atoms with Crippen LogP contribution >= 0.6 is 0 Å². The van der Waals surface area contributed by atoms with E-state index in [1.54, 1.807) is 12.1 Å². The molecule has 0 bridgehead atoms. The Bertz CT molecular complexity index is 935. The average molecular weight is 313 g/mol. The molecule has 0 aliphatic heterocycles. The zero-order valence-electron chi connectivity index (χ0n) is 12.1. The average Bonchev–Trinajstić information content (AvgIpc) is 2.54. The van der Waals surface area contributed by atoms with Crippen LogP contribution in [0.15, 0.2) is 47.4 Å². The number of H-pyrrole nitrogens is 1. The first-order chi connectivity index (χ1) is 11.1. The number of methoxy groups -OCH3 is 1. The van der Waals surface area contributed by atoms with Gasteiger partial charge < -0.3 is 15.0 Å². The SMILES string of the molecule is COc1ccc(NC(=O)c2cc3ccc(F)cc3[nH]c2=O)cn1. The Kier molecular flexibility index (Phi) is 3.76. The first kappa shape index (κ1) is 14.7. The van der Waals surface area contributed by atoms with Gasteiger partial charge in [-0.1, -0.05) is 0 Å². The molecular weight excluding hydrogens is 301 g/mol. The third-order valence-corrected chi connectivity index (χ3v) is 3.26. The molecule has 0 saturated carbocycles. The van der Waals surface area contributed by atoms with E-state index in [1.807, 2.05) is 0 Å². The zero-order chi connectivity index (χ0) is 16.4. The number of hydrogen-bond donors (Lipinski definition) is 2. The predicted molar refractivity (Wildman–Crippen MR) is 83.3 cm³/mol. The molecule has 1 amide bonds. The van der Waals surface area contributed by atoms with E-state index in [0.717, 1.165) is 0 Å². The number of fused-ring (bicyclic) bond motifs is 1. The standard InChI is InChI=1S/C16H12FN3O3/c1-23-14-5-4-11(8-18-14)19-15(21)12-6-9-2-3-10(17)7-13(9)20-16(12)22/h2-8H,1H3,(H,19,21)(H,20,22). The molecule has 1 aromatic carbocycles. The molecule has 0 unspecified atom stereocenters. The smallest absolute Gasteiger partial charge is 0.261 e. The largest absolute Gasteiger partial charge is 0.481 e. The van der Waals surface area contributed by atoms with Crippen molar-refractivity contribution < 1.29 is 13.9 Å². The molecule has 0 radical (unpaired) electrons. The lowest BCUT2D eigenvalue weighted by Crippen LogP contribution is -2.23. The summed E-state index contributed by atoms with van der Waals surface area (Å²) in [4.78, 5) is 30.7. The van der Waals surface area contributed by atoms with Gasteiger partial charge in [0, 0.05) is 6.07 Å². The molecule has 0 atom stereocenters. The van der Waals surface area contributed by atoms with Gasteiger partial charge in [0.1, 0.15) is 11.4 Å². The van der Waals surface area contributed by atoms with Crippen LogP contribution in [0.2, 0.25) is 0 Å². The van der Waals surface area contributed by atoms with Crippen LogP contribution in [0.3, 0.4) is 0 Å². The summed E-state index contributed by atoms with van der Waals surface area (Å²) >= 11 is 0. The number of anilines is 1. The molecule has 2 heterocycles. The molecule has 3 aromatic rings. The number of ether oxygens (including phenoxy) is 1. The molecule has 0 fully saturated rings. The fraction of sp³-hybridized carbons (Fsp3) is 0.0625. The number of hydrogen-bond acceptors (Lipinski definition) is 4. The summed E-state index contributed by atoms with van der Waals surface area (Å²) < 4.78 is 18.1. The zero-order valence-corrected chi connectivity index (χ0v) is 12.1. The molecule has 7 heteroatoms. The summed E-state index contributed by atoms with van der Waals surface area (Å²) in [5.41, 5.74) is 0.0917. The minimum Gasteiger partial charge on any atom is -0.481 e. The number of rotatable bonds is 3. The number of aromatic nitrogens is 2. The number of carbonyl (C=O) groups excluding carboxylic acids is 1. The molecule has 2 N–H and O–H groups in total. The van der Waals surface area contributed by atoms with Crippen LogP contribution in [0.5, 0.6) is 5.88 Å². The van der Waals surface area contributed by atoms with Crippen LogP contribution in [0, 0.1) is 5.82 Å². The van der Waals surface area contributed by atoms with Gasteiger partial charge in [-0.3, -0.25) is 9.59 Å². The number of nitrogens with zero attached hydrogens (tertiary/aromatic N) is 1. The quantitative estimate of drug-likeness (QED) is 0.777. The van der Waals surface area contributed by atoms with Crippen molar-refractivity contribution in [2.45, 2.75) is 0 Å². The summed E-state index contributed by atoms with van der Waals surface area (Å²) in [6.45, 7) is 0. The molecule has 23 heavy (non-hydrogen) atoms. The summed E-state index contributed by atoms with van der Waals surface area (Å²) in [6.07, 6.45) is 1.42. The van der Waals surface area contributed by atoms with Crippen molar-refractivity contribution in [3.8, 4) is 5.88 Å². The normalized spacial score (nSPS) is 10.5. The number of nitrogens with one attached hydrogen (secondary N) is 2. The second-order valence-electron chi connectivity index (χ2n) is 4.79. The molecule has 3 rings (SSSR count). The monoisotopic (exact) mass is 313 g/mol. The molecule has 0 aliphatic rings. The van der Waals surface area contributed by atoms with Crippen molar-refractivity contribution in [1.29, 1.82) is 0 Å². The highest BCUT2D eigenvalue weighted by Gasteiger charge is 2.12. The van der Waals surface area contributed by atoms with Crippen molar-refractivity contribution in [1.82, 2.24) is 9.97 Å². The molecule has 116 valence electrons. The van der Waals surface area contributed by atoms with Gasteiger partial charge in [-0.05, 0) is 35.7 Å². The Morgan fingerprint density at radius 1 is 1.26 bits per heavy atom. The van der Waals surface area contributed by atoms with Gasteiger partial charge >= 0.3 is 0 Å². The number of amides is 1. The molecule has 0 spiro atoms. The first-order valence-electron chi connectivity index (χ1n) is 6.71. The van der Waals surface area contributed by atoms with Gasteiger partial charge in [0.15, 0.2) is 0 Å². The van der Waals surface area contributed by atoms with Crippen molar-refractivity contribution in [3.05, 3.63) is 64.3 Å². The maximum Gasteiger partial charge on any atom is 0.261 e. The van der Waals surface area contributed by atoms with Gasteiger partial charge in [-0.15, -0.1) is 0 Å². The van der Waals surface area contributed by atoms with Crippen molar-refractivity contribution in [2.75, 3.05) is 12.4 Å². The lowest BCUT2D eigenvalue weighted by molar-refractivity contribution is 0.102. The van der Waals surface area contributed by atoms with Crippen LogP contribution in [0.1, 0.15) is 10.4 Å². The van der Waals surface area contributed by atoms with E-state index >= 15 is 0 Å². The van der Waals surface area contributed by atoms with Crippen molar-refractivity contribution >= 4 is 22.5 Å². The van der Waals surface area contributed by atoms with Gasteiger partial charge in [0.2, 0.25) is 5.88 Å². The highest BCUT2D eigenvalue weighted by Crippen LogP contribution is 2.15. The fourth-order valence-electron chi connectivity index (χ4n) is 2.12. The van der Waals surface area contributed by atoms with Crippen LogP contribution < -0.4 is 15.6 Å². The summed E-state index contributed by atoms with van der Waals surface area (Å²) in [6, 6.07) is 8.56. The fourth-order valence-corrected chi connectivity index (χ4v) is 2.12. The maximum atomic E-state index is 13.2. The van der Waals surface area contributed by atoms with Crippen molar-refractivity contribution in [3.63, 3.8) is 0 Å². The van der Waals surface area contributed by atoms with Gasteiger partial charge in [-0.25, -0.2) is 9.37 Å². The molecule has 2 aromatic heterocycles. The molecule has 0 saturated heterocycles. The Labute approximate surface area is 129 Å². The summed E-state index contributed by atoms with van der Waals surface area (Å²) in [5, 5.41) is 3.13. The lowest BCUT2D eigenvalue weighted by atomic mass is 10.1. The second kappa shape index (κ2) is 5.88. The molecular formula is C16H12FN3O3. The Morgan fingerprint density at radius 3 is 2.78 bits per heavy atom. The minimum absolute atomic E-state index is 0.0695. The van der Waals surface area contributed by atoms with Gasteiger partial charge in [0.05, 0.1) is 24.5 Å². The van der Waals surface area contributed by atoms with E-state index in [4.69, 9.17) is 4.74 Å². The number of benzene rings is 1. The third-order valence-electron chi connectivity index (χ3n) is 3.26. The van der Waals surface area contributed by atoms with Crippen molar-refractivity contribution in [2.24, 2.45) is 0 Å². The van der Waals surface area contributed by atoms with Crippen LogP contribution in [0.25, 0.3) is 10.9 Å². The van der Waals surface area contributed by atoms with E-state index in [-0.39, 0.29) is 5.56 Å². The lowest BCUT2D eigenvalue weighted by Gasteiger charge is -2.06. The Balaban J connectivity index is 1.92. The Morgan fingerprint density at radius 2 is 2.09 bits per heavy atom. The van der Waals surface area contributed by atoms with E-state index in [0.29, 0.717) is 22.5 Å². The number of carbonyl (C=O) groups is 1. The first-order valence-corrected chi connectivity index (χ1v) is 6.71. The van der Waals surface area contributed by atoms with Gasteiger partial charge in [0.25, 0.3) is 11.5 Å². The topological polar surface area (TPSA) is 84.1 Å². The van der Waals surface area contributed by atoms with Crippen LogP contribution in [0.4, 0.5) is 10.1 Å². The molecule has 6 nitrogen and oxygen atoms in total. The number of aromatic amines is 1. The summed E-state index contributed by atoms with van der Waals surface area (Å²) in [5.74, 6) is -0.632. The number of halogens is 1. The summed E-state index contributed by atoms with van der Waals surface area (Å²) in [7, 11) is 1.48. The van der Waals surface area contributed by atoms with E-state index in [2.05, 4.69) is 15.3 Å². The maximum absolute atomic E-state index is 13.2.